The van der Waals surface area contributed by atoms with Gasteiger partial charge in [0.05, 0.1) is 0 Å². The van der Waals surface area contributed by atoms with Crippen molar-refractivity contribution in [2.45, 2.75) is 25.3 Å². The van der Waals surface area contributed by atoms with E-state index in [-0.39, 0.29) is 38.2 Å². The fraction of sp³-hybridized carbons (Fsp3) is 0.333. The van der Waals surface area contributed by atoms with Crippen molar-refractivity contribution in [1.82, 2.24) is 0 Å². The second kappa shape index (κ2) is 6.60. The molecule has 0 amide bonds. The van der Waals surface area contributed by atoms with Crippen molar-refractivity contribution in [2.24, 2.45) is 5.73 Å². The smallest absolute Gasteiger partial charge is 0 e. The van der Waals surface area contributed by atoms with Crippen molar-refractivity contribution in [3.63, 3.8) is 0 Å². The number of rotatable bonds is 4. The van der Waals surface area contributed by atoms with Crippen LogP contribution in [0.15, 0.2) is 30.3 Å². The third-order valence-corrected chi connectivity index (χ3v) is 2.25. The van der Waals surface area contributed by atoms with E-state index in [1.807, 2.05) is 18.2 Å². The van der Waals surface area contributed by atoms with E-state index < -0.39 is 0 Å². The van der Waals surface area contributed by atoms with Crippen LogP contribution in [0.2, 0.25) is 0 Å². The molecule has 1 radical (unpaired) electrons. The minimum Gasteiger partial charge on any atom is -0.355 e. The van der Waals surface area contributed by atoms with Crippen molar-refractivity contribution in [3.05, 3.63) is 49.2 Å². The molecule has 0 fully saturated rings. The van der Waals surface area contributed by atoms with Crippen molar-refractivity contribution in [2.75, 3.05) is 0 Å². The van der Waals surface area contributed by atoms with Gasteiger partial charge in [-0.25, -0.2) is 0 Å². The average molecular weight is 264 g/mol. The fourth-order valence-corrected chi connectivity index (χ4v) is 1.05. The van der Waals surface area contributed by atoms with Gasteiger partial charge in [0.15, 0.2) is 0 Å². The van der Waals surface area contributed by atoms with Gasteiger partial charge < -0.3 is 12.7 Å². The predicted octanol–water partition coefficient (Wildman–Crippen LogP) is 2.57. The first-order valence-electron chi connectivity index (χ1n) is 4.66. The third kappa shape index (κ3) is 5.14. The molecule has 1 aromatic carbocycles. The summed E-state index contributed by atoms with van der Waals surface area (Å²) in [6.45, 7) is 6.01. The molecule has 1 unspecified atom stereocenters. The molecule has 0 aliphatic rings. The van der Waals surface area contributed by atoms with Crippen molar-refractivity contribution >= 4 is 0 Å². The van der Waals surface area contributed by atoms with Crippen LogP contribution >= 0.6 is 0 Å². The molecule has 0 spiro atoms. The Hall–Kier alpha value is 0.154. The predicted molar refractivity (Wildman–Crippen MR) is 57.0 cm³/mol. The summed E-state index contributed by atoms with van der Waals surface area (Å²) < 4.78 is 0. The van der Waals surface area contributed by atoms with Crippen LogP contribution in [0, 0.1) is 13.3 Å². The summed E-state index contributed by atoms with van der Waals surface area (Å²) in [7, 11) is 0. The molecule has 0 bridgehead atoms. The van der Waals surface area contributed by atoms with Crippen LogP contribution in [-0.2, 0) is 32.7 Å². The van der Waals surface area contributed by atoms with Gasteiger partial charge in [-0.3, -0.25) is 0 Å². The second-order valence-electron chi connectivity index (χ2n) is 3.53. The first kappa shape index (κ1) is 14.2. The van der Waals surface area contributed by atoms with E-state index >= 15 is 0 Å². The van der Waals surface area contributed by atoms with Crippen molar-refractivity contribution in [3.8, 4) is 0 Å². The summed E-state index contributed by atoms with van der Waals surface area (Å²) in [5, 5.41) is 0. The second-order valence-corrected chi connectivity index (χ2v) is 3.53. The van der Waals surface area contributed by atoms with E-state index in [1.54, 1.807) is 0 Å². The average Bonchev–Trinajstić information content (AvgIpc) is 2.17. The molecule has 1 aromatic rings. The molecule has 0 saturated carbocycles. The number of hydrogen-bond acceptors (Lipinski definition) is 1. The molecular formula is C12H17NY-2. The zero-order chi connectivity index (χ0) is 9.73. The molecule has 1 atom stereocenters. The van der Waals surface area contributed by atoms with Gasteiger partial charge in [-0.05, 0) is 0 Å². The standard InChI is InChI=1S/C12H17N.Y/c1-3-12(2,13)10-9-11-7-5-4-6-8-11;/h4-9H,2-3,10,13H2,1H3;/q-2;. The van der Waals surface area contributed by atoms with Gasteiger partial charge in [0.2, 0.25) is 0 Å². The van der Waals surface area contributed by atoms with Crippen LogP contribution in [0.25, 0.3) is 0 Å². The molecular weight excluding hydrogens is 247 g/mol. The Balaban J connectivity index is 0.00000169. The normalized spacial score (nSPS) is 13.9. The molecule has 2 N–H and O–H groups in total. The first-order valence-corrected chi connectivity index (χ1v) is 4.66. The summed E-state index contributed by atoms with van der Waals surface area (Å²) in [6, 6.07) is 10.2. The molecule has 0 saturated heterocycles. The Kier molecular flexibility index (Phi) is 6.68. The van der Waals surface area contributed by atoms with Gasteiger partial charge >= 0.3 is 0 Å². The van der Waals surface area contributed by atoms with Crippen molar-refractivity contribution < 1.29 is 32.7 Å². The summed E-state index contributed by atoms with van der Waals surface area (Å²) in [5.74, 6) is 0. The Morgan fingerprint density at radius 3 is 2.43 bits per heavy atom. The van der Waals surface area contributed by atoms with Crippen LogP contribution in [0.1, 0.15) is 25.3 Å². The van der Waals surface area contributed by atoms with Crippen LogP contribution in [-0.4, -0.2) is 5.54 Å². The SMILES string of the molecule is [CH2-]C(N)(CC)C[CH-]c1ccccc1.[Y]. The molecule has 0 aromatic heterocycles. The fourth-order valence-electron chi connectivity index (χ4n) is 1.05. The van der Waals surface area contributed by atoms with E-state index in [2.05, 4.69) is 32.4 Å². The van der Waals surface area contributed by atoms with Crippen LogP contribution in [0.5, 0.6) is 0 Å². The van der Waals surface area contributed by atoms with Gasteiger partial charge in [-0.15, -0.1) is 17.7 Å². The number of hydrogen-bond donors (Lipinski definition) is 1. The molecule has 2 heteroatoms. The molecule has 0 aliphatic heterocycles. The van der Waals surface area contributed by atoms with Gasteiger partial charge in [-0.1, -0.05) is 25.8 Å². The van der Waals surface area contributed by atoms with E-state index in [1.165, 1.54) is 5.56 Å². The minimum absolute atomic E-state index is 0. The summed E-state index contributed by atoms with van der Waals surface area (Å²) in [5.41, 5.74) is 6.83. The summed E-state index contributed by atoms with van der Waals surface area (Å²) >= 11 is 0. The van der Waals surface area contributed by atoms with Gasteiger partial charge in [0.25, 0.3) is 0 Å². The first-order chi connectivity index (χ1) is 6.14. The molecule has 0 heterocycles. The zero-order valence-electron chi connectivity index (χ0n) is 8.74. The van der Waals surface area contributed by atoms with E-state index in [9.17, 15) is 0 Å². The Bertz CT molecular complexity index is 244. The largest absolute Gasteiger partial charge is 0.355 e. The Labute approximate surface area is 112 Å². The molecule has 75 valence electrons. The molecule has 1 nitrogen and oxygen atoms in total. The van der Waals surface area contributed by atoms with E-state index in [0.29, 0.717) is 0 Å². The van der Waals surface area contributed by atoms with Gasteiger partial charge in [-0.2, -0.15) is 24.1 Å². The maximum Gasteiger partial charge on any atom is 0 e. The minimum atomic E-state index is -0.310. The van der Waals surface area contributed by atoms with Crippen molar-refractivity contribution in [1.29, 1.82) is 0 Å². The molecule has 14 heavy (non-hydrogen) atoms. The topological polar surface area (TPSA) is 26.0 Å². The van der Waals surface area contributed by atoms with Crippen LogP contribution < -0.4 is 5.73 Å². The number of nitrogens with two attached hydrogens (primary N) is 1. The Morgan fingerprint density at radius 1 is 1.36 bits per heavy atom. The quantitative estimate of drug-likeness (QED) is 0.831. The third-order valence-electron chi connectivity index (χ3n) is 2.25. The monoisotopic (exact) mass is 264 g/mol. The maximum atomic E-state index is 5.92. The maximum absolute atomic E-state index is 5.92. The van der Waals surface area contributed by atoms with Gasteiger partial charge in [0, 0.05) is 32.7 Å². The van der Waals surface area contributed by atoms with Crippen LogP contribution in [0.4, 0.5) is 0 Å². The number of benzene rings is 1. The summed E-state index contributed by atoms with van der Waals surface area (Å²) in [6.07, 6.45) is 3.86. The zero-order valence-corrected chi connectivity index (χ0v) is 11.6. The molecule has 0 aliphatic carbocycles. The van der Waals surface area contributed by atoms with Gasteiger partial charge in [0.1, 0.15) is 0 Å². The Morgan fingerprint density at radius 2 is 1.93 bits per heavy atom. The van der Waals surface area contributed by atoms with E-state index in [0.717, 1.165) is 12.8 Å². The molecule has 1 rings (SSSR count). The van der Waals surface area contributed by atoms with Crippen LogP contribution in [0.3, 0.4) is 0 Å². The van der Waals surface area contributed by atoms with E-state index in [4.69, 9.17) is 5.73 Å². The summed E-state index contributed by atoms with van der Waals surface area (Å²) in [4.78, 5) is 0.